The maximum absolute atomic E-state index is 14.6. The van der Waals surface area contributed by atoms with Gasteiger partial charge in [-0.1, -0.05) is 25.5 Å². The third kappa shape index (κ3) is 4.46. The zero-order chi connectivity index (χ0) is 24.0. The van der Waals surface area contributed by atoms with Crippen molar-refractivity contribution in [2.45, 2.75) is 83.4 Å². The van der Waals surface area contributed by atoms with Gasteiger partial charge >= 0.3 is 0 Å². The van der Waals surface area contributed by atoms with Crippen LogP contribution in [0.5, 0.6) is 5.75 Å². The van der Waals surface area contributed by atoms with Gasteiger partial charge in [0.25, 0.3) is 5.91 Å². The summed E-state index contributed by atoms with van der Waals surface area (Å²) >= 11 is 0. The molecule has 35 heavy (non-hydrogen) atoms. The van der Waals surface area contributed by atoms with Gasteiger partial charge in [0.15, 0.2) is 0 Å². The van der Waals surface area contributed by atoms with Crippen molar-refractivity contribution in [2.75, 3.05) is 0 Å². The first-order chi connectivity index (χ1) is 17.0. The van der Waals surface area contributed by atoms with Crippen LogP contribution in [0.1, 0.15) is 80.6 Å². The van der Waals surface area contributed by atoms with Crippen molar-refractivity contribution >= 4 is 16.8 Å². The number of amides is 1. The predicted octanol–water partition coefficient (Wildman–Crippen LogP) is 6.85. The number of hydrogen-bond donors (Lipinski definition) is 1. The van der Waals surface area contributed by atoms with Crippen molar-refractivity contribution in [1.29, 1.82) is 0 Å². The Morgan fingerprint density at radius 3 is 2.49 bits per heavy atom. The fourth-order valence-electron chi connectivity index (χ4n) is 6.95. The topological polar surface area (TPSA) is 43.3 Å². The molecular weight excluding hydrogens is 439 g/mol. The second kappa shape index (κ2) is 9.00. The highest BCUT2D eigenvalue weighted by Crippen LogP contribution is 2.58. The van der Waals surface area contributed by atoms with Crippen molar-refractivity contribution in [3.8, 4) is 5.75 Å². The number of hydrogen-bond acceptors (Lipinski definition) is 2. The van der Waals surface area contributed by atoms with Crippen molar-refractivity contribution < 1.29 is 13.9 Å². The summed E-state index contributed by atoms with van der Waals surface area (Å²) in [6.45, 7) is 2.87. The summed E-state index contributed by atoms with van der Waals surface area (Å²) in [5.74, 6) is 1.33. The lowest BCUT2D eigenvalue weighted by molar-refractivity contribution is -0.0399. The minimum atomic E-state index is -0.294. The smallest absolute Gasteiger partial charge is 0.253 e. The van der Waals surface area contributed by atoms with E-state index < -0.39 is 0 Å². The first kappa shape index (κ1) is 22.6. The monoisotopic (exact) mass is 474 g/mol. The molecule has 0 aliphatic heterocycles. The van der Waals surface area contributed by atoms with Crippen molar-refractivity contribution in [3.63, 3.8) is 0 Å². The van der Waals surface area contributed by atoms with Crippen LogP contribution in [0.4, 0.5) is 4.39 Å². The summed E-state index contributed by atoms with van der Waals surface area (Å²) in [5, 5.41) is 3.71. The van der Waals surface area contributed by atoms with E-state index in [4.69, 9.17) is 4.74 Å². The Hall–Kier alpha value is -2.82. The zero-order valence-corrected chi connectivity index (χ0v) is 20.6. The molecule has 4 nitrogen and oxygen atoms in total. The predicted molar refractivity (Wildman–Crippen MR) is 136 cm³/mol. The lowest BCUT2D eigenvalue weighted by atomic mass is 9.50. The molecule has 6 rings (SSSR count). The molecule has 3 aromatic rings. The average molecular weight is 475 g/mol. The highest BCUT2D eigenvalue weighted by molar-refractivity contribution is 6.06. The van der Waals surface area contributed by atoms with E-state index in [9.17, 15) is 9.18 Å². The summed E-state index contributed by atoms with van der Waals surface area (Å²) in [6.07, 6.45) is 13.0. The lowest BCUT2D eigenvalue weighted by Crippen LogP contribution is -2.55. The van der Waals surface area contributed by atoms with Crippen LogP contribution in [-0.2, 0) is 6.54 Å². The second-order valence-corrected chi connectivity index (χ2v) is 11.4. The molecule has 3 saturated carbocycles. The van der Waals surface area contributed by atoms with Gasteiger partial charge in [-0.05, 0) is 98.6 Å². The Balaban J connectivity index is 1.17. The van der Waals surface area contributed by atoms with E-state index in [0.29, 0.717) is 34.5 Å². The Labute approximate surface area is 206 Å². The van der Waals surface area contributed by atoms with E-state index in [1.807, 2.05) is 22.9 Å². The van der Waals surface area contributed by atoms with Crippen LogP contribution >= 0.6 is 0 Å². The Morgan fingerprint density at radius 2 is 1.77 bits per heavy atom. The zero-order valence-electron chi connectivity index (χ0n) is 20.6. The Bertz CT molecular complexity index is 1210. The molecule has 0 bridgehead atoms. The third-order valence-electron chi connectivity index (χ3n) is 8.51. The minimum absolute atomic E-state index is 0.0987. The molecule has 2 aromatic carbocycles. The number of ether oxygens (including phenoxy) is 1. The van der Waals surface area contributed by atoms with Crippen molar-refractivity contribution in [1.82, 2.24) is 9.88 Å². The number of nitrogens with one attached hydrogen (secondary N) is 1. The van der Waals surface area contributed by atoms with Gasteiger partial charge in [-0.3, -0.25) is 4.79 Å². The van der Waals surface area contributed by atoms with Crippen LogP contribution < -0.4 is 10.1 Å². The number of halogens is 1. The van der Waals surface area contributed by atoms with E-state index in [1.165, 1.54) is 38.2 Å². The molecule has 1 aromatic heterocycles. The number of aromatic nitrogens is 1. The largest absolute Gasteiger partial charge is 0.490 e. The van der Waals surface area contributed by atoms with Gasteiger partial charge in [-0.25, -0.2) is 4.39 Å². The van der Waals surface area contributed by atoms with Gasteiger partial charge in [0.05, 0.1) is 17.2 Å². The normalized spacial score (nSPS) is 26.3. The SMILES string of the molecule is CC1CC2(C1)CC(NC(=O)c1ccc(F)c3ccn(Cc4ccc(OC5CCCCC5)cc4)c13)C2. The first-order valence-electron chi connectivity index (χ1n) is 13.3. The van der Waals surface area contributed by atoms with Gasteiger partial charge in [0, 0.05) is 24.2 Å². The van der Waals surface area contributed by atoms with Crippen LogP contribution in [0, 0.1) is 17.2 Å². The summed E-state index contributed by atoms with van der Waals surface area (Å²) in [5.41, 5.74) is 2.78. The van der Waals surface area contributed by atoms with Crippen molar-refractivity contribution in [3.05, 3.63) is 65.6 Å². The number of fused-ring (bicyclic) bond motifs is 1. The molecule has 1 N–H and O–H groups in total. The number of carbonyl (C=O) groups is 1. The van der Waals surface area contributed by atoms with Crippen molar-refractivity contribution in [2.24, 2.45) is 11.3 Å². The molecule has 0 atom stereocenters. The molecule has 1 spiro atoms. The maximum atomic E-state index is 14.6. The van der Waals surface area contributed by atoms with Crippen LogP contribution in [0.15, 0.2) is 48.7 Å². The van der Waals surface area contributed by atoms with Crippen LogP contribution in [0.3, 0.4) is 0 Å². The summed E-state index contributed by atoms with van der Waals surface area (Å²) < 4.78 is 22.8. The van der Waals surface area contributed by atoms with E-state index >= 15 is 0 Å². The van der Waals surface area contributed by atoms with E-state index in [0.717, 1.165) is 42.9 Å². The summed E-state index contributed by atoms with van der Waals surface area (Å²) in [7, 11) is 0. The maximum Gasteiger partial charge on any atom is 0.253 e. The van der Waals surface area contributed by atoms with Gasteiger partial charge in [-0.2, -0.15) is 0 Å². The molecule has 3 aliphatic carbocycles. The molecule has 184 valence electrons. The fourth-order valence-corrected chi connectivity index (χ4v) is 6.95. The quantitative estimate of drug-likeness (QED) is 0.425. The minimum Gasteiger partial charge on any atom is -0.490 e. The van der Waals surface area contributed by atoms with Crippen LogP contribution in [0.2, 0.25) is 0 Å². The van der Waals surface area contributed by atoms with Gasteiger partial charge in [0.1, 0.15) is 11.6 Å². The highest BCUT2D eigenvalue weighted by atomic mass is 19.1. The highest BCUT2D eigenvalue weighted by Gasteiger charge is 2.51. The van der Waals surface area contributed by atoms with Crippen LogP contribution in [-0.4, -0.2) is 22.6 Å². The standard InChI is InChI=1S/C30H35FN2O2/c1-20-15-30(16-20)17-22(18-30)32-29(34)26-11-12-27(31)25-13-14-33(28(25)26)19-21-7-9-24(10-8-21)35-23-5-3-2-4-6-23/h7-14,20,22-23H,2-6,15-19H2,1H3,(H,32,34). The van der Waals surface area contributed by atoms with Gasteiger partial charge in [-0.15, -0.1) is 0 Å². The van der Waals surface area contributed by atoms with Crippen LogP contribution in [0.25, 0.3) is 10.9 Å². The lowest BCUT2D eigenvalue weighted by Gasteiger charge is -2.57. The molecule has 3 fully saturated rings. The molecule has 5 heteroatoms. The number of nitrogens with zero attached hydrogens (tertiary/aromatic N) is 1. The third-order valence-corrected chi connectivity index (χ3v) is 8.51. The van der Waals surface area contributed by atoms with Gasteiger partial charge in [0.2, 0.25) is 0 Å². The molecule has 1 amide bonds. The average Bonchev–Trinajstić information content (AvgIpc) is 3.23. The number of carbonyl (C=O) groups excluding carboxylic acids is 1. The van der Waals surface area contributed by atoms with E-state index in [1.54, 1.807) is 12.1 Å². The fraction of sp³-hybridized carbons (Fsp3) is 0.500. The second-order valence-electron chi connectivity index (χ2n) is 11.4. The molecular formula is C30H35FN2O2. The molecule has 1 heterocycles. The number of benzene rings is 2. The summed E-state index contributed by atoms with van der Waals surface area (Å²) in [4.78, 5) is 13.2. The molecule has 0 radical (unpaired) electrons. The molecule has 0 unspecified atom stereocenters. The first-order valence-corrected chi connectivity index (χ1v) is 13.3. The molecule has 3 aliphatic rings. The number of rotatable bonds is 6. The molecule has 0 saturated heterocycles. The van der Waals surface area contributed by atoms with Gasteiger partial charge < -0.3 is 14.6 Å². The Kier molecular flexibility index (Phi) is 5.82. The van der Waals surface area contributed by atoms with E-state index in [2.05, 4.69) is 24.4 Å². The summed E-state index contributed by atoms with van der Waals surface area (Å²) in [6, 6.07) is 13.2. The van der Waals surface area contributed by atoms with E-state index in [-0.39, 0.29) is 17.8 Å². The Morgan fingerprint density at radius 1 is 1.03 bits per heavy atom.